The van der Waals surface area contributed by atoms with Gasteiger partial charge in [-0.1, -0.05) is 11.6 Å². The van der Waals surface area contributed by atoms with Crippen LogP contribution in [0, 0.1) is 12.7 Å². The van der Waals surface area contributed by atoms with Gasteiger partial charge in [-0.15, -0.1) is 0 Å². The van der Waals surface area contributed by atoms with E-state index in [2.05, 4.69) is 10.1 Å². The van der Waals surface area contributed by atoms with Crippen LogP contribution in [0.2, 0.25) is 5.02 Å². The van der Waals surface area contributed by atoms with Crippen molar-refractivity contribution in [1.82, 2.24) is 14.8 Å². The third kappa shape index (κ3) is 2.96. The molecule has 2 N–H and O–H groups in total. The van der Waals surface area contributed by atoms with E-state index >= 15 is 0 Å². The van der Waals surface area contributed by atoms with E-state index < -0.39 is 11.6 Å². The Labute approximate surface area is 160 Å². The van der Waals surface area contributed by atoms with Gasteiger partial charge in [-0.2, -0.15) is 5.10 Å². The van der Waals surface area contributed by atoms with Gasteiger partial charge in [-0.25, -0.2) is 14.1 Å². The van der Waals surface area contributed by atoms with Crippen molar-refractivity contribution in [2.45, 2.75) is 32.4 Å². The Kier molecular flexibility index (Phi) is 4.57. The van der Waals surface area contributed by atoms with Crippen molar-refractivity contribution in [1.29, 1.82) is 0 Å². The molecule has 0 radical (unpaired) electrons. The molecule has 3 heterocycles. The molecule has 2 aromatic heterocycles. The molecule has 0 bridgehead atoms. The highest BCUT2D eigenvalue weighted by molar-refractivity contribution is 6.32. The fourth-order valence-electron chi connectivity index (χ4n) is 3.36. The average Bonchev–Trinajstić information content (AvgIpc) is 3.13. The normalized spacial score (nSPS) is 17.4. The standard InChI is InChI=1S/C19H18ClFN4O2/c1-10-13(20)9-23-17(16(10)22)19(26)11-5-6-14(21)18-12(11)8-24-25(18)15-4-2-3-7-27-15/h5-6,8-9,15H,2-4,7,22H2,1H3. The topological polar surface area (TPSA) is 83.0 Å². The number of hydrogen-bond acceptors (Lipinski definition) is 5. The van der Waals surface area contributed by atoms with Crippen molar-refractivity contribution in [3.05, 3.63) is 52.2 Å². The van der Waals surface area contributed by atoms with Crippen LogP contribution in [0.15, 0.2) is 24.5 Å². The Morgan fingerprint density at radius 1 is 1.37 bits per heavy atom. The van der Waals surface area contributed by atoms with Crippen LogP contribution in [-0.2, 0) is 4.74 Å². The number of ether oxygens (including phenoxy) is 1. The van der Waals surface area contributed by atoms with Crippen molar-refractivity contribution >= 4 is 34.0 Å². The molecule has 0 amide bonds. The van der Waals surface area contributed by atoms with E-state index in [0.29, 0.717) is 22.6 Å². The van der Waals surface area contributed by atoms with Crippen LogP contribution in [0.4, 0.5) is 10.1 Å². The Morgan fingerprint density at radius 2 is 2.19 bits per heavy atom. The third-order valence-electron chi connectivity index (χ3n) is 4.92. The molecule has 3 aromatic rings. The zero-order chi connectivity index (χ0) is 19.1. The number of anilines is 1. The molecule has 1 saturated heterocycles. The summed E-state index contributed by atoms with van der Waals surface area (Å²) in [6.07, 6.45) is 5.25. The van der Waals surface area contributed by atoms with E-state index in [0.717, 1.165) is 19.3 Å². The van der Waals surface area contributed by atoms with Crippen LogP contribution in [0.3, 0.4) is 0 Å². The highest BCUT2D eigenvalue weighted by Crippen LogP contribution is 2.31. The number of carbonyl (C=O) groups excluding carboxylic acids is 1. The number of carbonyl (C=O) groups is 1. The lowest BCUT2D eigenvalue weighted by atomic mass is 10.0. The van der Waals surface area contributed by atoms with Crippen LogP contribution < -0.4 is 5.73 Å². The number of rotatable bonds is 3. The Hall–Kier alpha value is -2.51. The lowest BCUT2D eigenvalue weighted by Gasteiger charge is -2.23. The minimum absolute atomic E-state index is 0.0893. The van der Waals surface area contributed by atoms with Crippen LogP contribution in [-0.4, -0.2) is 27.2 Å². The number of nitrogen functional groups attached to an aromatic ring is 1. The molecule has 0 saturated carbocycles. The molecule has 27 heavy (non-hydrogen) atoms. The van der Waals surface area contributed by atoms with E-state index in [4.69, 9.17) is 22.1 Å². The van der Waals surface area contributed by atoms with E-state index in [1.54, 1.807) is 6.92 Å². The number of aromatic nitrogens is 3. The summed E-state index contributed by atoms with van der Waals surface area (Å²) in [4.78, 5) is 17.2. The molecule has 1 aliphatic heterocycles. The fraction of sp³-hybridized carbons (Fsp3) is 0.316. The minimum atomic E-state index is -0.457. The lowest BCUT2D eigenvalue weighted by molar-refractivity contribution is -0.0369. The van der Waals surface area contributed by atoms with Crippen LogP contribution in [0.5, 0.6) is 0 Å². The smallest absolute Gasteiger partial charge is 0.214 e. The molecule has 1 unspecified atom stereocenters. The first-order valence-corrected chi connectivity index (χ1v) is 9.09. The first-order valence-electron chi connectivity index (χ1n) is 8.71. The quantitative estimate of drug-likeness (QED) is 0.684. The fourth-order valence-corrected chi connectivity index (χ4v) is 3.51. The van der Waals surface area contributed by atoms with Gasteiger partial charge in [0.15, 0.2) is 6.23 Å². The Morgan fingerprint density at radius 3 is 2.93 bits per heavy atom. The summed E-state index contributed by atoms with van der Waals surface area (Å²) in [6.45, 7) is 2.32. The van der Waals surface area contributed by atoms with Gasteiger partial charge in [0.05, 0.1) is 16.9 Å². The summed E-state index contributed by atoms with van der Waals surface area (Å²) in [5.74, 6) is -0.858. The summed E-state index contributed by atoms with van der Waals surface area (Å²) >= 11 is 6.01. The predicted molar refractivity (Wildman–Crippen MR) is 100 cm³/mol. The van der Waals surface area contributed by atoms with Gasteiger partial charge in [0.25, 0.3) is 0 Å². The molecule has 6 nitrogen and oxygen atoms in total. The molecule has 1 aliphatic rings. The lowest BCUT2D eigenvalue weighted by Crippen LogP contribution is -2.19. The van der Waals surface area contributed by atoms with Crippen molar-refractivity contribution in [2.24, 2.45) is 0 Å². The summed E-state index contributed by atoms with van der Waals surface area (Å²) in [6, 6.07) is 2.69. The van der Waals surface area contributed by atoms with E-state index in [1.165, 1.54) is 29.2 Å². The van der Waals surface area contributed by atoms with Gasteiger partial charge < -0.3 is 10.5 Å². The summed E-state index contributed by atoms with van der Waals surface area (Å²) in [5, 5.41) is 5.09. The first-order chi connectivity index (χ1) is 13.0. The maximum absolute atomic E-state index is 14.6. The molecule has 8 heteroatoms. The SMILES string of the molecule is Cc1c(Cl)cnc(C(=O)c2ccc(F)c3c2cnn3C2CCCCO2)c1N. The van der Waals surface area contributed by atoms with Gasteiger partial charge in [0.2, 0.25) is 5.78 Å². The monoisotopic (exact) mass is 388 g/mol. The second kappa shape index (κ2) is 6.90. The number of benzene rings is 1. The second-order valence-corrected chi connectivity index (χ2v) is 7.00. The minimum Gasteiger partial charge on any atom is -0.397 e. The third-order valence-corrected chi connectivity index (χ3v) is 5.30. The zero-order valence-electron chi connectivity index (χ0n) is 14.7. The number of fused-ring (bicyclic) bond motifs is 1. The maximum atomic E-state index is 14.6. The van der Waals surface area contributed by atoms with Crippen LogP contribution >= 0.6 is 11.6 Å². The van der Waals surface area contributed by atoms with Gasteiger partial charge >= 0.3 is 0 Å². The van der Waals surface area contributed by atoms with Crippen LogP contribution in [0.25, 0.3) is 10.9 Å². The molecule has 140 valence electrons. The van der Waals surface area contributed by atoms with Crippen molar-refractivity contribution in [3.63, 3.8) is 0 Å². The number of ketones is 1. The first kappa shape index (κ1) is 17.9. The van der Waals surface area contributed by atoms with E-state index in [-0.39, 0.29) is 28.7 Å². The molecular formula is C19H18ClFN4O2. The molecular weight excluding hydrogens is 371 g/mol. The number of hydrogen-bond donors (Lipinski definition) is 1. The average molecular weight is 389 g/mol. The molecule has 0 aliphatic carbocycles. The zero-order valence-corrected chi connectivity index (χ0v) is 15.5. The molecule has 1 atom stereocenters. The van der Waals surface area contributed by atoms with Gasteiger partial charge in [-0.05, 0) is 43.9 Å². The second-order valence-electron chi connectivity index (χ2n) is 6.59. The number of pyridine rings is 1. The maximum Gasteiger partial charge on any atom is 0.214 e. The Balaban J connectivity index is 1.83. The van der Waals surface area contributed by atoms with E-state index in [9.17, 15) is 9.18 Å². The number of halogens is 2. The van der Waals surface area contributed by atoms with Crippen molar-refractivity contribution < 1.29 is 13.9 Å². The van der Waals surface area contributed by atoms with Gasteiger partial charge in [-0.3, -0.25) is 4.79 Å². The van der Waals surface area contributed by atoms with Crippen LogP contribution in [0.1, 0.15) is 47.1 Å². The highest BCUT2D eigenvalue weighted by atomic mass is 35.5. The highest BCUT2D eigenvalue weighted by Gasteiger charge is 2.25. The number of nitrogens with zero attached hydrogens (tertiary/aromatic N) is 3. The largest absolute Gasteiger partial charge is 0.397 e. The molecule has 1 fully saturated rings. The summed E-state index contributed by atoms with van der Waals surface area (Å²) in [5.41, 5.74) is 7.46. The Bertz CT molecular complexity index is 1040. The molecule has 0 spiro atoms. The summed E-state index contributed by atoms with van der Waals surface area (Å²) < 4.78 is 21.8. The molecule has 1 aromatic carbocycles. The number of nitrogens with two attached hydrogens (primary N) is 1. The predicted octanol–water partition coefficient (Wildman–Crippen LogP) is 4.04. The molecule has 4 rings (SSSR count). The summed E-state index contributed by atoms with van der Waals surface area (Å²) in [7, 11) is 0. The van der Waals surface area contributed by atoms with Gasteiger partial charge in [0.1, 0.15) is 17.0 Å². The van der Waals surface area contributed by atoms with Crippen molar-refractivity contribution in [2.75, 3.05) is 12.3 Å². The van der Waals surface area contributed by atoms with E-state index in [1.807, 2.05) is 0 Å². The van der Waals surface area contributed by atoms with Crippen molar-refractivity contribution in [3.8, 4) is 0 Å². The van der Waals surface area contributed by atoms with Gasteiger partial charge in [0, 0.05) is 23.8 Å².